The van der Waals surface area contributed by atoms with E-state index in [-0.39, 0.29) is 31.7 Å². The maximum Gasteiger partial charge on any atom is 0.416 e. The van der Waals surface area contributed by atoms with Crippen LogP contribution in [-0.2, 0) is 22.3 Å². The van der Waals surface area contributed by atoms with E-state index in [9.17, 15) is 23.1 Å². The number of aromatic nitrogens is 3. The van der Waals surface area contributed by atoms with Gasteiger partial charge in [0.1, 0.15) is 24.7 Å². The molecule has 2 heterocycles. The number of carbonyl (C=O) groups is 1. The number of rotatable bonds is 12. The molecule has 1 aromatic heterocycles. The van der Waals surface area contributed by atoms with Crippen LogP contribution in [0.1, 0.15) is 25.0 Å². The number of anilines is 2. The van der Waals surface area contributed by atoms with Crippen molar-refractivity contribution in [2.24, 2.45) is 0 Å². The lowest BCUT2D eigenvalue weighted by Crippen LogP contribution is -2.37. The molecule has 41 heavy (non-hydrogen) atoms. The average molecular weight is 578 g/mol. The first-order valence-corrected chi connectivity index (χ1v) is 12.8. The van der Waals surface area contributed by atoms with Gasteiger partial charge in [-0.05, 0) is 55.8 Å². The van der Waals surface area contributed by atoms with Gasteiger partial charge >= 0.3 is 18.2 Å². The van der Waals surface area contributed by atoms with Crippen LogP contribution in [-0.4, -0.2) is 71.1 Å². The molecule has 1 saturated heterocycles. The van der Waals surface area contributed by atoms with Gasteiger partial charge in [-0.3, -0.25) is 0 Å². The molecule has 14 heteroatoms. The van der Waals surface area contributed by atoms with Crippen molar-refractivity contribution in [2.45, 2.75) is 32.2 Å². The molecular weight excluding hydrogens is 547 g/mol. The molecule has 0 radical (unpaired) electrons. The number of hydrogen-bond donors (Lipinski definition) is 2. The van der Waals surface area contributed by atoms with E-state index in [1.807, 2.05) is 4.90 Å². The summed E-state index contributed by atoms with van der Waals surface area (Å²) in [6.45, 7) is 5.56. The number of ether oxygens (including phenoxy) is 4. The number of carboxylic acids is 1. The van der Waals surface area contributed by atoms with Crippen LogP contribution in [0.15, 0.2) is 48.5 Å². The van der Waals surface area contributed by atoms with E-state index in [4.69, 9.17) is 18.9 Å². The van der Waals surface area contributed by atoms with Gasteiger partial charge in [0, 0.05) is 19.6 Å². The first kappa shape index (κ1) is 29.6. The maximum atomic E-state index is 12.9. The second kappa shape index (κ2) is 12.9. The Labute approximate surface area is 234 Å². The zero-order chi connectivity index (χ0) is 29.5. The molecule has 4 rings (SSSR count). The zero-order valence-corrected chi connectivity index (χ0v) is 22.5. The predicted molar refractivity (Wildman–Crippen MR) is 141 cm³/mol. The SMILES string of the molecule is CC(C)(Oc1ccc(OCCOc2nc(NCc3ccc(C(F)(F)F)cc3)nc(N3CCOCC3)n2)cc1)C(=O)O. The van der Waals surface area contributed by atoms with E-state index in [1.165, 1.54) is 26.0 Å². The van der Waals surface area contributed by atoms with Crippen LogP contribution in [0.4, 0.5) is 25.1 Å². The van der Waals surface area contributed by atoms with Gasteiger partial charge in [0.05, 0.1) is 18.8 Å². The fourth-order valence-electron chi connectivity index (χ4n) is 3.62. The van der Waals surface area contributed by atoms with Gasteiger partial charge in [-0.25, -0.2) is 4.79 Å². The second-order valence-corrected chi connectivity index (χ2v) is 9.48. The number of morpholine rings is 1. The van der Waals surface area contributed by atoms with Crippen molar-refractivity contribution < 1.29 is 42.0 Å². The fraction of sp³-hybridized carbons (Fsp3) is 0.407. The van der Waals surface area contributed by atoms with Crippen LogP contribution in [0.2, 0.25) is 0 Å². The van der Waals surface area contributed by atoms with Gasteiger partial charge in [-0.1, -0.05) is 12.1 Å². The smallest absolute Gasteiger partial charge is 0.416 e. The molecule has 2 aromatic carbocycles. The summed E-state index contributed by atoms with van der Waals surface area (Å²) in [6, 6.07) is 11.4. The number of aliphatic carboxylic acids is 1. The molecule has 3 aromatic rings. The summed E-state index contributed by atoms with van der Waals surface area (Å²) in [5, 5.41) is 12.2. The minimum atomic E-state index is -4.40. The van der Waals surface area contributed by atoms with E-state index >= 15 is 0 Å². The molecule has 0 amide bonds. The third-order valence-corrected chi connectivity index (χ3v) is 5.92. The number of nitrogens with zero attached hydrogens (tertiary/aromatic N) is 4. The Kier molecular flexibility index (Phi) is 9.32. The molecule has 1 aliphatic rings. The second-order valence-electron chi connectivity index (χ2n) is 9.48. The number of hydrogen-bond acceptors (Lipinski definition) is 10. The lowest BCUT2D eigenvalue weighted by Gasteiger charge is -2.27. The Morgan fingerprint density at radius 1 is 0.951 bits per heavy atom. The van der Waals surface area contributed by atoms with Crippen molar-refractivity contribution in [3.63, 3.8) is 0 Å². The molecule has 220 valence electrons. The van der Waals surface area contributed by atoms with Crippen molar-refractivity contribution in [1.29, 1.82) is 0 Å². The first-order valence-electron chi connectivity index (χ1n) is 12.8. The van der Waals surface area contributed by atoms with Crippen LogP contribution < -0.4 is 24.4 Å². The summed E-state index contributed by atoms with van der Waals surface area (Å²) < 4.78 is 60.8. The van der Waals surface area contributed by atoms with Gasteiger partial charge in [0.2, 0.25) is 11.9 Å². The molecular formula is C27H30F3N5O6. The lowest BCUT2D eigenvalue weighted by molar-refractivity contribution is -0.152. The standard InChI is InChI=1S/C27H30F3N5O6/c1-26(2,22(36)37)41-21-9-7-20(8-10-21)39-15-16-40-25-33-23(32-24(34-25)35-11-13-38-14-12-35)31-17-18-3-5-19(6-4-18)27(28,29)30/h3-10H,11-17H2,1-2H3,(H,36,37)(H,31,32,33,34). The minimum absolute atomic E-state index is 0.0552. The van der Waals surface area contributed by atoms with Crippen molar-refractivity contribution in [3.8, 4) is 17.5 Å². The summed E-state index contributed by atoms with van der Waals surface area (Å²) in [6.07, 6.45) is -4.40. The van der Waals surface area contributed by atoms with Crippen molar-refractivity contribution in [3.05, 3.63) is 59.7 Å². The van der Waals surface area contributed by atoms with Gasteiger partial charge in [0.15, 0.2) is 5.60 Å². The molecule has 0 unspecified atom stereocenters. The molecule has 1 aliphatic heterocycles. The highest BCUT2D eigenvalue weighted by molar-refractivity contribution is 5.76. The highest BCUT2D eigenvalue weighted by Gasteiger charge is 2.30. The average Bonchev–Trinajstić information content (AvgIpc) is 2.95. The molecule has 11 nitrogen and oxygen atoms in total. The maximum absolute atomic E-state index is 12.9. The highest BCUT2D eigenvalue weighted by atomic mass is 19.4. The largest absolute Gasteiger partial charge is 0.490 e. The highest BCUT2D eigenvalue weighted by Crippen LogP contribution is 2.29. The van der Waals surface area contributed by atoms with Crippen LogP contribution >= 0.6 is 0 Å². The Bertz CT molecular complexity index is 1300. The van der Waals surface area contributed by atoms with Crippen LogP contribution in [0.5, 0.6) is 17.5 Å². The van der Waals surface area contributed by atoms with Crippen molar-refractivity contribution >= 4 is 17.9 Å². The number of halogens is 3. The summed E-state index contributed by atoms with van der Waals surface area (Å²) in [5.74, 6) is 0.421. The molecule has 2 N–H and O–H groups in total. The quantitative estimate of drug-likeness (QED) is 0.303. The zero-order valence-electron chi connectivity index (χ0n) is 22.5. The molecule has 1 fully saturated rings. The summed E-state index contributed by atoms with van der Waals surface area (Å²) >= 11 is 0. The monoisotopic (exact) mass is 577 g/mol. The Morgan fingerprint density at radius 3 is 2.22 bits per heavy atom. The number of carboxylic acid groups (broad SMARTS) is 1. The Morgan fingerprint density at radius 2 is 1.59 bits per heavy atom. The van der Waals surface area contributed by atoms with Crippen LogP contribution in [0.3, 0.4) is 0 Å². The fourth-order valence-corrected chi connectivity index (χ4v) is 3.62. The van der Waals surface area contributed by atoms with Crippen molar-refractivity contribution in [1.82, 2.24) is 15.0 Å². The molecule has 0 bridgehead atoms. The van der Waals surface area contributed by atoms with E-state index in [0.717, 1.165) is 12.1 Å². The van der Waals surface area contributed by atoms with Crippen LogP contribution in [0.25, 0.3) is 0 Å². The summed E-state index contributed by atoms with van der Waals surface area (Å²) in [7, 11) is 0. The number of alkyl halides is 3. The Hall–Kier alpha value is -4.33. The number of benzene rings is 2. The van der Waals surface area contributed by atoms with Gasteiger partial charge < -0.3 is 34.3 Å². The molecule has 0 spiro atoms. The molecule has 0 saturated carbocycles. The minimum Gasteiger partial charge on any atom is -0.490 e. The van der Waals surface area contributed by atoms with Gasteiger partial charge in [-0.2, -0.15) is 28.1 Å². The van der Waals surface area contributed by atoms with E-state index in [0.29, 0.717) is 49.3 Å². The van der Waals surface area contributed by atoms with E-state index < -0.39 is 23.3 Å². The van der Waals surface area contributed by atoms with Crippen molar-refractivity contribution in [2.75, 3.05) is 49.7 Å². The van der Waals surface area contributed by atoms with E-state index in [2.05, 4.69) is 20.3 Å². The third-order valence-electron chi connectivity index (χ3n) is 5.92. The third kappa shape index (κ3) is 8.58. The Balaban J connectivity index is 1.35. The van der Waals surface area contributed by atoms with Gasteiger partial charge in [-0.15, -0.1) is 0 Å². The normalized spacial score (nSPS) is 13.9. The topological polar surface area (TPSA) is 128 Å². The van der Waals surface area contributed by atoms with Gasteiger partial charge in [0.25, 0.3) is 0 Å². The molecule has 0 atom stereocenters. The van der Waals surface area contributed by atoms with E-state index in [1.54, 1.807) is 24.3 Å². The molecule has 0 aliphatic carbocycles. The predicted octanol–water partition coefficient (Wildman–Crippen LogP) is 4.04. The summed E-state index contributed by atoms with van der Waals surface area (Å²) in [4.78, 5) is 26.3. The van der Waals surface area contributed by atoms with Crippen LogP contribution in [0, 0.1) is 0 Å². The number of nitrogens with one attached hydrogen (secondary N) is 1. The first-order chi connectivity index (χ1) is 19.5. The summed E-state index contributed by atoms with van der Waals surface area (Å²) in [5.41, 5.74) is -1.47. The lowest BCUT2D eigenvalue weighted by atomic mass is 10.1.